The van der Waals surface area contributed by atoms with E-state index in [4.69, 9.17) is 0 Å². The van der Waals surface area contributed by atoms with Gasteiger partial charge in [-0.25, -0.2) is 0 Å². The van der Waals surface area contributed by atoms with Gasteiger partial charge in [-0.2, -0.15) is 0 Å². The Bertz CT molecular complexity index is 153. The Hall–Kier alpha value is -0.300. The van der Waals surface area contributed by atoms with Crippen molar-refractivity contribution in [2.24, 2.45) is 0 Å². The summed E-state index contributed by atoms with van der Waals surface area (Å²) in [4.78, 5) is 0. The number of hydrogen-bond acceptors (Lipinski definition) is 1. The van der Waals surface area contributed by atoms with Gasteiger partial charge in [-0.1, -0.05) is 38.7 Å². The first-order valence-electron chi connectivity index (χ1n) is 5.14. The minimum atomic E-state index is 0.270. The van der Waals surface area contributed by atoms with E-state index >= 15 is 0 Å². The van der Waals surface area contributed by atoms with Crippen molar-refractivity contribution in [2.45, 2.75) is 57.5 Å². The number of nitrogens with one attached hydrogen (secondary N) is 1. The average Bonchev–Trinajstić information content (AvgIpc) is 2.73. The van der Waals surface area contributed by atoms with Gasteiger partial charge >= 0.3 is 0 Å². The summed E-state index contributed by atoms with van der Waals surface area (Å²) in [5.41, 5.74) is 0.270. The summed E-state index contributed by atoms with van der Waals surface area (Å²) in [5.74, 6) is 0. The van der Waals surface area contributed by atoms with E-state index in [0.29, 0.717) is 6.04 Å². The van der Waals surface area contributed by atoms with Crippen molar-refractivity contribution in [1.29, 1.82) is 0 Å². The minimum absolute atomic E-state index is 0.270. The first-order valence-corrected chi connectivity index (χ1v) is 5.14. The highest BCUT2D eigenvalue weighted by molar-refractivity contribution is 5.20. The van der Waals surface area contributed by atoms with Gasteiger partial charge in [-0.15, -0.1) is 6.58 Å². The molecule has 0 aromatic heterocycles. The second-order valence-corrected chi connectivity index (χ2v) is 4.03. The lowest BCUT2D eigenvalue weighted by atomic mass is 10.0. The largest absolute Gasteiger partial charge is 0.302 e. The van der Waals surface area contributed by atoms with Crippen LogP contribution in [-0.2, 0) is 0 Å². The molecule has 1 rings (SSSR count). The molecule has 0 aromatic rings. The Morgan fingerprint density at radius 2 is 2.17 bits per heavy atom. The van der Waals surface area contributed by atoms with Crippen molar-refractivity contribution in [1.82, 2.24) is 5.32 Å². The van der Waals surface area contributed by atoms with Crippen LogP contribution in [-0.4, -0.2) is 11.6 Å². The van der Waals surface area contributed by atoms with Gasteiger partial charge in [0.15, 0.2) is 0 Å². The van der Waals surface area contributed by atoms with Crippen LogP contribution in [0.3, 0.4) is 0 Å². The van der Waals surface area contributed by atoms with Gasteiger partial charge in [-0.05, 0) is 13.3 Å². The molecule has 1 heterocycles. The van der Waals surface area contributed by atoms with E-state index in [0.717, 1.165) is 0 Å². The molecule has 1 aliphatic heterocycles. The summed E-state index contributed by atoms with van der Waals surface area (Å²) in [6.45, 7) is 8.31. The molecule has 0 amide bonds. The fraction of sp³-hybridized carbons (Fsp3) is 0.818. The third-order valence-corrected chi connectivity index (χ3v) is 2.90. The molecule has 70 valence electrons. The van der Waals surface area contributed by atoms with Gasteiger partial charge in [0.25, 0.3) is 0 Å². The van der Waals surface area contributed by atoms with Crippen LogP contribution in [0.2, 0.25) is 0 Å². The molecule has 1 nitrogen and oxygen atoms in total. The monoisotopic (exact) mass is 167 g/mol. The summed E-state index contributed by atoms with van der Waals surface area (Å²) in [6, 6.07) is 0.715. The molecule has 0 saturated carbocycles. The lowest BCUT2D eigenvalue weighted by Gasteiger charge is -2.00. The molecule has 1 saturated heterocycles. The summed E-state index contributed by atoms with van der Waals surface area (Å²) in [7, 11) is 0. The minimum Gasteiger partial charge on any atom is -0.302 e. The molecule has 0 radical (unpaired) electrons. The standard InChI is InChI=1S/C11H21N/c1-4-6-7-8-9-10-11(3,5-2)12-10/h5,10,12H,2,4,6-9H2,1,3H3. The predicted molar refractivity (Wildman–Crippen MR) is 54.3 cm³/mol. The van der Waals surface area contributed by atoms with Crippen molar-refractivity contribution in [2.75, 3.05) is 0 Å². The Morgan fingerprint density at radius 3 is 2.67 bits per heavy atom. The van der Waals surface area contributed by atoms with E-state index in [-0.39, 0.29) is 5.54 Å². The van der Waals surface area contributed by atoms with E-state index in [1.807, 2.05) is 6.08 Å². The quantitative estimate of drug-likeness (QED) is 0.367. The van der Waals surface area contributed by atoms with E-state index in [1.54, 1.807) is 0 Å². The zero-order valence-corrected chi connectivity index (χ0v) is 8.40. The summed E-state index contributed by atoms with van der Waals surface area (Å²) < 4.78 is 0. The summed E-state index contributed by atoms with van der Waals surface area (Å²) >= 11 is 0. The van der Waals surface area contributed by atoms with E-state index in [1.165, 1.54) is 32.1 Å². The molecule has 0 aromatic carbocycles. The van der Waals surface area contributed by atoms with Crippen molar-refractivity contribution >= 4 is 0 Å². The predicted octanol–water partition coefficient (Wildman–Crippen LogP) is 2.87. The second kappa shape index (κ2) is 4.08. The Balaban J connectivity index is 2.00. The third-order valence-electron chi connectivity index (χ3n) is 2.90. The third kappa shape index (κ3) is 2.34. The summed E-state index contributed by atoms with van der Waals surface area (Å²) in [6.07, 6.45) is 8.84. The van der Waals surface area contributed by atoms with Gasteiger partial charge in [0.05, 0.1) is 0 Å². The molecule has 1 aliphatic rings. The molecule has 2 unspecified atom stereocenters. The van der Waals surface area contributed by atoms with Gasteiger partial charge in [0.1, 0.15) is 0 Å². The van der Waals surface area contributed by atoms with Crippen LogP contribution in [0.15, 0.2) is 12.7 Å². The molecule has 0 aliphatic carbocycles. The SMILES string of the molecule is C=CC1(C)NC1CCCCCC. The van der Waals surface area contributed by atoms with Gasteiger partial charge in [0.2, 0.25) is 0 Å². The normalized spacial score (nSPS) is 33.3. The highest BCUT2D eigenvalue weighted by atomic mass is 15.2. The highest BCUT2D eigenvalue weighted by Gasteiger charge is 2.45. The topological polar surface area (TPSA) is 21.9 Å². The molecule has 12 heavy (non-hydrogen) atoms. The molecule has 1 fully saturated rings. The van der Waals surface area contributed by atoms with Crippen molar-refractivity contribution in [3.8, 4) is 0 Å². The van der Waals surface area contributed by atoms with E-state index in [9.17, 15) is 0 Å². The fourth-order valence-electron chi connectivity index (χ4n) is 1.68. The maximum Gasteiger partial charge on any atom is 0.0491 e. The van der Waals surface area contributed by atoms with Crippen LogP contribution >= 0.6 is 0 Å². The number of unbranched alkanes of at least 4 members (excludes halogenated alkanes) is 3. The zero-order chi connectivity index (χ0) is 9.03. The molecular formula is C11H21N. The maximum atomic E-state index is 3.83. The Kier molecular flexibility index (Phi) is 3.33. The lowest BCUT2D eigenvalue weighted by Crippen LogP contribution is -2.05. The number of hydrogen-bond donors (Lipinski definition) is 1. The van der Waals surface area contributed by atoms with Gasteiger partial charge in [0, 0.05) is 11.6 Å². The van der Waals surface area contributed by atoms with Crippen molar-refractivity contribution < 1.29 is 0 Å². The van der Waals surface area contributed by atoms with Gasteiger partial charge in [-0.3, -0.25) is 0 Å². The lowest BCUT2D eigenvalue weighted by molar-refractivity contribution is 0.614. The molecule has 1 N–H and O–H groups in total. The smallest absolute Gasteiger partial charge is 0.0491 e. The first-order chi connectivity index (χ1) is 5.73. The second-order valence-electron chi connectivity index (χ2n) is 4.03. The first kappa shape index (κ1) is 9.79. The van der Waals surface area contributed by atoms with Crippen LogP contribution in [0.5, 0.6) is 0 Å². The Labute approximate surface area is 76.2 Å². The van der Waals surface area contributed by atoms with Gasteiger partial charge < -0.3 is 5.32 Å². The fourth-order valence-corrected chi connectivity index (χ4v) is 1.68. The molecule has 1 heteroatoms. The molecule has 0 bridgehead atoms. The number of rotatable bonds is 6. The van der Waals surface area contributed by atoms with Crippen LogP contribution in [0.25, 0.3) is 0 Å². The van der Waals surface area contributed by atoms with Crippen LogP contribution < -0.4 is 5.32 Å². The molecule has 2 atom stereocenters. The zero-order valence-electron chi connectivity index (χ0n) is 8.40. The average molecular weight is 167 g/mol. The molecule has 0 spiro atoms. The maximum absolute atomic E-state index is 3.83. The highest BCUT2D eigenvalue weighted by Crippen LogP contribution is 2.30. The van der Waals surface area contributed by atoms with Crippen LogP contribution in [0.4, 0.5) is 0 Å². The van der Waals surface area contributed by atoms with E-state index < -0.39 is 0 Å². The van der Waals surface area contributed by atoms with Crippen molar-refractivity contribution in [3.63, 3.8) is 0 Å². The van der Waals surface area contributed by atoms with E-state index in [2.05, 4.69) is 25.7 Å². The molecular weight excluding hydrogens is 146 g/mol. The summed E-state index contributed by atoms with van der Waals surface area (Å²) in [5, 5.41) is 3.45. The van der Waals surface area contributed by atoms with Crippen LogP contribution in [0, 0.1) is 0 Å². The van der Waals surface area contributed by atoms with Crippen LogP contribution in [0.1, 0.15) is 46.0 Å². The van der Waals surface area contributed by atoms with Crippen molar-refractivity contribution in [3.05, 3.63) is 12.7 Å². The Morgan fingerprint density at radius 1 is 1.42 bits per heavy atom.